The van der Waals surface area contributed by atoms with Crippen molar-refractivity contribution in [2.75, 3.05) is 6.54 Å². The summed E-state index contributed by atoms with van der Waals surface area (Å²) >= 11 is 0. The van der Waals surface area contributed by atoms with Gasteiger partial charge in [0, 0.05) is 18.8 Å². The van der Waals surface area contributed by atoms with Crippen LogP contribution in [-0.2, 0) is 5.41 Å². The van der Waals surface area contributed by atoms with E-state index in [0.29, 0.717) is 0 Å². The van der Waals surface area contributed by atoms with Crippen LogP contribution in [-0.4, -0.2) is 16.8 Å². The van der Waals surface area contributed by atoms with Gasteiger partial charge in [-0.05, 0) is 0 Å². The summed E-state index contributed by atoms with van der Waals surface area (Å²) in [5, 5.41) is 0. The van der Waals surface area contributed by atoms with Crippen LogP contribution < -0.4 is 29.6 Å². The van der Waals surface area contributed by atoms with Crippen LogP contribution in [0.3, 0.4) is 0 Å². The molecular formula is C14H18FNNa+. The van der Waals surface area contributed by atoms with Crippen LogP contribution in [0.4, 0.5) is 10.1 Å². The zero-order valence-corrected chi connectivity index (χ0v) is 13.4. The Balaban J connectivity index is 0.00000144. The van der Waals surface area contributed by atoms with Crippen molar-refractivity contribution in [3.63, 3.8) is 0 Å². The predicted molar refractivity (Wildman–Crippen MR) is 64.0 cm³/mol. The van der Waals surface area contributed by atoms with Crippen molar-refractivity contribution in [1.82, 2.24) is 0 Å². The zero-order valence-electron chi connectivity index (χ0n) is 11.4. The van der Waals surface area contributed by atoms with E-state index < -0.39 is 0 Å². The Labute approximate surface area is 125 Å². The molecule has 1 heterocycles. The predicted octanol–water partition coefficient (Wildman–Crippen LogP) is 0.436. The molecular weight excluding hydrogens is 223 g/mol. The molecule has 86 valence electrons. The van der Waals surface area contributed by atoms with Crippen LogP contribution in [0.2, 0.25) is 0 Å². The van der Waals surface area contributed by atoms with Gasteiger partial charge in [0.15, 0.2) is 5.71 Å². The Kier molecular flexibility index (Phi) is 4.56. The Morgan fingerprint density at radius 3 is 2.59 bits per heavy atom. The van der Waals surface area contributed by atoms with E-state index in [2.05, 4.69) is 38.3 Å². The van der Waals surface area contributed by atoms with Crippen LogP contribution in [0.15, 0.2) is 12.1 Å². The fraction of sp³-hybridized carbons (Fsp3) is 0.500. The molecule has 17 heavy (non-hydrogen) atoms. The van der Waals surface area contributed by atoms with Gasteiger partial charge < -0.3 is 0 Å². The third-order valence-electron chi connectivity index (χ3n) is 3.62. The number of hydrogen-bond acceptors (Lipinski definition) is 0. The van der Waals surface area contributed by atoms with Crippen molar-refractivity contribution < 1.29 is 38.5 Å². The first-order valence-electron chi connectivity index (χ1n) is 5.81. The maximum atomic E-state index is 13.9. The molecule has 2 rings (SSSR count). The summed E-state index contributed by atoms with van der Waals surface area (Å²) in [4.78, 5) is 0. The third-order valence-corrected chi connectivity index (χ3v) is 3.62. The Morgan fingerprint density at radius 1 is 1.35 bits per heavy atom. The molecule has 0 fully saturated rings. The van der Waals surface area contributed by atoms with E-state index in [9.17, 15) is 4.39 Å². The normalized spacial score (nSPS) is 16.8. The summed E-state index contributed by atoms with van der Waals surface area (Å²) < 4.78 is 16.0. The first-order valence-corrected chi connectivity index (χ1v) is 5.81. The molecule has 0 saturated carbocycles. The van der Waals surface area contributed by atoms with Gasteiger partial charge in [0.1, 0.15) is 12.2 Å². The molecule has 0 radical (unpaired) electrons. The first kappa shape index (κ1) is 14.9. The second-order valence-corrected chi connectivity index (χ2v) is 4.93. The summed E-state index contributed by atoms with van der Waals surface area (Å²) in [7, 11) is 0. The summed E-state index contributed by atoms with van der Waals surface area (Å²) in [6.07, 6.45) is 1.02. The second kappa shape index (κ2) is 5.21. The maximum Gasteiger partial charge on any atom is 1.00 e. The molecule has 3 heteroatoms. The summed E-state index contributed by atoms with van der Waals surface area (Å²) in [5.41, 5.74) is 2.95. The summed E-state index contributed by atoms with van der Waals surface area (Å²) in [5.74, 6) is -0.157. The van der Waals surface area contributed by atoms with Crippen molar-refractivity contribution >= 4 is 11.4 Å². The van der Waals surface area contributed by atoms with Crippen LogP contribution in [0.5, 0.6) is 0 Å². The Bertz CT molecular complexity index is 463. The monoisotopic (exact) mass is 241 g/mol. The van der Waals surface area contributed by atoms with E-state index in [1.54, 1.807) is 0 Å². The molecule has 0 amide bonds. The first-order chi connectivity index (χ1) is 7.50. The smallest absolute Gasteiger partial charge is 0.277 e. The van der Waals surface area contributed by atoms with Gasteiger partial charge in [0.05, 0.1) is 5.82 Å². The van der Waals surface area contributed by atoms with Gasteiger partial charge in [-0.2, -0.15) is 12.1 Å². The van der Waals surface area contributed by atoms with Gasteiger partial charge in [-0.15, -0.1) is 6.07 Å². The van der Waals surface area contributed by atoms with Crippen LogP contribution in [0.25, 0.3) is 0 Å². The van der Waals surface area contributed by atoms with Gasteiger partial charge in [-0.25, -0.2) is 4.58 Å². The minimum Gasteiger partial charge on any atom is -0.277 e. The fourth-order valence-corrected chi connectivity index (χ4v) is 2.42. The molecule has 1 aliphatic rings. The SMILES string of the molecule is CCC[N+]1=C(C)C(C)(C)c2c[c-]cc([18F])c21.[Na+]. The molecule has 0 bridgehead atoms. The Morgan fingerprint density at radius 2 is 2.00 bits per heavy atom. The van der Waals surface area contributed by atoms with E-state index in [1.165, 1.54) is 11.8 Å². The molecule has 0 unspecified atom stereocenters. The average Bonchev–Trinajstić information content (AvgIpc) is 2.42. The van der Waals surface area contributed by atoms with Gasteiger partial charge >= 0.3 is 29.6 Å². The van der Waals surface area contributed by atoms with Gasteiger partial charge in [-0.1, -0.05) is 26.3 Å². The van der Waals surface area contributed by atoms with Crippen molar-refractivity contribution in [2.24, 2.45) is 0 Å². The molecule has 1 aromatic carbocycles. The molecule has 1 aliphatic heterocycles. The molecule has 0 aromatic heterocycles. The molecule has 0 aliphatic carbocycles. The summed E-state index contributed by atoms with van der Waals surface area (Å²) in [6, 6.07) is 6.23. The fourth-order valence-electron chi connectivity index (χ4n) is 2.42. The minimum atomic E-state index is -0.157. The number of nitrogens with zero attached hydrogens (tertiary/aromatic N) is 1. The third kappa shape index (κ3) is 2.23. The van der Waals surface area contributed by atoms with Crippen LogP contribution >= 0.6 is 0 Å². The molecule has 0 atom stereocenters. The largest absolute Gasteiger partial charge is 1.00 e. The molecule has 1 aromatic rings. The summed E-state index contributed by atoms with van der Waals surface area (Å²) in [6.45, 7) is 9.37. The number of fused-ring (bicyclic) bond motifs is 1. The van der Waals surface area contributed by atoms with Crippen molar-refractivity contribution in [1.29, 1.82) is 0 Å². The van der Waals surface area contributed by atoms with Gasteiger partial charge in [-0.3, -0.25) is 4.39 Å². The van der Waals surface area contributed by atoms with Crippen LogP contribution in [0.1, 0.15) is 39.7 Å². The quantitative estimate of drug-likeness (QED) is 0.401. The Hall–Kier alpha value is -0.180. The van der Waals surface area contributed by atoms with E-state index in [4.69, 9.17) is 0 Å². The minimum absolute atomic E-state index is 0. The standard InChI is InChI=1S/C14H18FN.Na/c1-5-9-16-10(2)14(3,4)11-7-6-8-12(15)13(11)16;/h7-8H,5,9H2,1-4H3;/q;+1/i15-1;. The van der Waals surface area contributed by atoms with Gasteiger partial charge in [0.2, 0.25) is 0 Å². The molecule has 0 N–H and O–H groups in total. The van der Waals surface area contributed by atoms with Gasteiger partial charge in [0.25, 0.3) is 0 Å². The maximum absolute atomic E-state index is 13.9. The second-order valence-electron chi connectivity index (χ2n) is 4.93. The number of halogens is 1. The average molecular weight is 241 g/mol. The molecule has 0 spiro atoms. The van der Waals surface area contributed by atoms with E-state index >= 15 is 0 Å². The van der Waals surface area contributed by atoms with E-state index in [-0.39, 0.29) is 40.8 Å². The number of benzene rings is 1. The zero-order chi connectivity index (χ0) is 11.9. The number of rotatable bonds is 2. The van der Waals surface area contributed by atoms with E-state index in [1.807, 2.05) is 6.07 Å². The van der Waals surface area contributed by atoms with Crippen molar-refractivity contribution in [3.05, 3.63) is 29.6 Å². The van der Waals surface area contributed by atoms with E-state index in [0.717, 1.165) is 24.2 Å². The topological polar surface area (TPSA) is 3.01 Å². The number of hydrogen-bond donors (Lipinski definition) is 0. The van der Waals surface area contributed by atoms with Crippen molar-refractivity contribution in [2.45, 2.75) is 39.5 Å². The molecule has 1 nitrogen and oxygen atoms in total. The van der Waals surface area contributed by atoms with Crippen molar-refractivity contribution in [3.8, 4) is 0 Å². The van der Waals surface area contributed by atoms with Crippen LogP contribution in [0, 0.1) is 11.9 Å². The molecule has 0 saturated heterocycles.